The van der Waals surface area contributed by atoms with Crippen molar-refractivity contribution >= 4 is 0 Å². The molecule has 0 spiro atoms. The van der Waals surface area contributed by atoms with Gasteiger partial charge in [-0.05, 0) is 67.6 Å². The molecular weight excluding hydrogens is 261 g/mol. The van der Waals surface area contributed by atoms with Crippen molar-refractivity contribution in [2.45, 2.75) is 39.7 Å². The van der Waals surface area contributed by atoms with E-state index < -0.39 is 0 Å². The van der Waals surface area contributed by atoms with Gasteiger partial charge in [0, 0.05) is 6.04 Å². The molecule has 2 aromatic rings. The van der Waals surface area contributed by atoms with Crippen LogP contribution in [0.5, 0.6) is 0 Å². The molecule has 0 heterocycles. The van der Waals surface area contributed by atoms with Crippen LogP contribution in [0, 0.1) is 19.7 Å². The van der Waals surface area contributed by atoms with E-state index in [9.17, 15) is 4.39 Å². The zero-order valence-corrected chi connectivity index (χ0v) is 13.1. The molecule has 2 rings (SSSR count). The van der Waals surface area contributed by atoms with Gasteiger partial charge in [0.2, 0.25) is 0 Å². The molecule has 2 heteroatoms. The van der Waals surface area contributed by atoms with E-state index in [0.717, 1.165) is 24.9 Å². The summed E-state index contributed by atoms with van der Waals surface area (Å²) in [6.07, 6.45) is 1.96. The molecule has 2 aromatic carbocycles. The third-order valence-electron chi connectivity index (χ3n) is 3.94. The van der Waals surface area contributed by atoms with Crippen LogP contribution in [0.2, 0.25) is 0 Å². The SMILES string of the molecule is CCCNC(Cc1c(C)cccc1C)c1cccc(F)c1. The summed E-state index contributed by atoms with van der Waals surface area (Å²) in [5.41, 5.74) is 4.98. The molecule has 0 saturated heterocycles. The molecule has 0 aromatic heterocycles. The second-order valence-electron chi connectivity index (χ2n) is 5.64. The van der Waals surface area contributed by atoms with E-state index in [4.69, 9.17) is 0 Å². The number of rotatable bonds is 6. The van der Waals surface area contributed by atoms with Crippen LogP contribution in [0.25, 0.3) is 0 Å². The van der Waals surface area contributed by atoms with Gasteiger partial charge in [0.25, 0.3) is 0 Å². The number of nitrogens with one attached hydrogen (secondary N) is 1. The van der Waals surface area contributed by atoms with Gasteiger partial charge in [0.15, 0.2) is 0 Å². The minimum Gasteiger partial charge on any atom is -0.310 e. The molecule has 1 unspecified atom stereocenters. The zero-order chi connectivity index (χ0) is 15.2. The summed E-state index contributed by atoms with van der Waals surface area (Å²) in [5.74, 6) is -0.169. The van der Waals surface area contributed by atoms with Gasteiger partial charge in [-0.25, -0.2) is 4.39 Å². The molecule has 0 radical (unpaired) electrons. The van der Waals surface area contributed by atoms with Crippen molar-refractivity contribution in [2.24, 2.45) is 0 Å². The number of benzene rings is 2. The summed E-state index contributed by atoms with van der Waals surface area (Å²) < 4.78 is 13.5. The highest BCUT2D eigenvalue weighted by Gasteiger charge is 2.14. The molecule has 1 atom stereocenters. The highest BCUT2D eigenvalue weighted by atomic mass is 19.1. The topological polar surface area (TPSA) is 12.0 Å². The normalized spacial score (nSPS) is 12.4. The average molecular weight is 285 g/mol. The molecule has 1 N–H and O–H groups in total. The van der Waals surface area contributed by atoms with E-state index in [0.29, 0.717) is 0 Å². The van der Waals surface area contributed by atoms with Gasteiger partial charge < -0.3 is 5.32 Å². The molecule has 0 aliphatic rings. The van der Waals surface area contributed by atoms with Crippen molar-refractivity contribution in [3.8, 4) is 0 Å². The van der Waals surface area contributed by atoms with Crippen molar-refractivity contribution in [2.75, 3.05) is 6.54 Å². The third-order valence-corrected chi connectivity index (χ3v) is 3.94. The Labute approximate surface area is 127 Å². The van der Waals surface area contributed by atoms with Crippen LogP contribution in [0.4, 0.5) is 4.39 Å². The first-order chi connectivity index (χ1) is 10.1. The molecule has 112 valence electrons. The standard InChI is InChI=1S/C19H24FN/c1-4-11-21-19(16-9-6-10-17(20)12-16)13-18-14(2)7-5-8-15(18)3/h5-10,12,19,21H,4,11,13H2,1-3H3. The first-order valence-corrected chi connectivity index (χ1v) is 7.65. The van der Waals surface area contributed by atoms with Gasteiger partial charge in [0.05, 0.1) is 0 Å². The maximum Gasteiger partial charge on any atom is 0.123 e. The first-order valence-electron chi connectivity index (χ1n) is 7.65. The largest absolute Gasteiger partial charge is 0.310 e. The summed E-state index contributed by atoms with van der Waals surface area (Å²) in [4.78, 5) is 0. The summed E-state index contributed by atoms with van der Waals surface area (Å²) in [5, 5.41) is 3.55. The van der Waals surface area contributed by atoms with Gasteiger partial charge in [-0.15, -0.1) is 0 Å². The molecule has 0 fully saturated rings. The van der Waals surface area contributed by atoms with E-state index in [1.54, 1.807) is 12.1 Å². The van der Waals surface area contributed by atoms with Crippen LogP contribution in [0.15, 0.2) is 42.5 Å². The number of halogens is 1. The molecule has 0 bridgehead atoms. The Morgan fingerprint density at radius 2 is 1.71 bits per heavy atom. The van der Waals surface area contributed by atoms with E-state index in [1.165, 1.54) is 22.8 Å². The Bertz CT molecular complexity index is 572. The van der Waals surface area contributed by atoms with E-state index in [1.807, 2.05) is 6.07 Å². The second kappa shape index (κ2) is 7.37. The van der Waals surface area contributed by atoms with Gasteiger partial charge >= 0.3 is 0 Å². The van der Waals surface area contributed by atoms with Crippen LogP contribution < -0.4 is 5.32 Å². The van der Waals surface area contributed by atoms with Gasteiger partial charge in [-0.3, -0.25) is 0 Å². The predicted molar refractivity (Wildman–Crippen MR) is 87.1 cm³/mol. The molecule has 21 heavy (non-hydrogen) atoms. The van der Waals surface area contributed by atoms with Crippen LogP contribution in [-0.2, 0) is 6.42 Å². The van der Waals surface area contributed by atoms with Gasteiger partial charge in [0.1, 0.15) is 5.82 Å². The van der Waals surface area contributed by atoms with E-state index >= 15 is 0 Å². The fourth-order valence-electron chi connectivity index (χ4n) is 2.72. The monoisotopic (exact) mass is 285 g/mol. The minimum atomic E-state index is -0.169. The quantitative estimate of drug-likeness (QED) is 0.809. The molecule has 0 amide bonds. The lowest BCUT2D eigenvalue weighted by Crippen LogP contribution is -2.24. The molecular formula is C19H24FN. The summed E-state index contributed by atoms with van der Waals surface area (Å²) in [6.45, 7) is 7.37. The van der Waals surface area contributed by atoms with Gasteiger partial charge in [-0.1, -0.05) is 37.3 Å². The zero-order valence-electron chi connectivity index (χ0n) is 13.1. The maximum atomic E-state index is 13.5. The predicted octanol–water partition coefficient (Wildman–Crippen LogP) is 4.73. The van der Waals surface area contributed by atoms with Crippen LogP contribution >= 0.6 is 0 Å². The number of aryl methyl sites for hydroxylation is 2. The van der Waals surface area contributed by atoms with E-state index in [-0.39, 0.29) is 11.9 Å². The highest BCUT2D eigenvalue weighted by Crippen LogP contribution is 2.23. The fraction of sp³-hybridized carbons (Fsp3) is 0.368. The van der Waals surface area contributed by atoms with Crippen molar-refractivity contribution < 1.29 is 4.39 Å². The average Bonchev–Trinajstić information content (AvgIpc) is 2.46. The molecule has 0 aliphatic carbocycles. The van der Waals surface area contributed by atoms with Crippen LogP contribution in [-0.4, -0.2) is 6.54 Å². The third kappa shape index (κ3) is 4.15. The summed E-state index contributed by atoms with van der Waals surface area (Å²) in [6, 6.07) is 13.5. The smallest absolute Gasteiger partial charge is 0.123 e. The molecule has 0 aliphatic heterocycles. The Kier molecular flexibility index (Phi) is 5.51. The Balaban J connectivity index is 2.28. The number of hydrogen-bond donors (Lipinski definition) is 1. The van der Waals surface area contributed by atoms with Crippen molar-refractivity contribution in [3.05, 3.63) is 70.5 Å². The van der Waals surface area contributed by atoms with Crippen LogP contribution in [0.3, 0.4) is 0 Å². The maximum absolute atomic E-state index is 13.5. The first kappa shape index (κ1) is 15.7. The second-order valence-corrected chi connectivity index (χ2v) is 5.64. The summed E-state index contributed by atoms with van der Waals surface area (Å²) >= 11 is 0. The fourth-order valence-corrected chi connectivity index (χ4v) is 2.72. The van der Waals surface area contributed by atoms with Crippen molar-refractivity contribution in [1.82, 2.24) is 5.32 Å². The molecule has 1 nitrogen and oxygen atoms in total. The number of hydrogen-bond acceptors (Lipinski definition) is 1. The van der Waals surface area contributed by atoms with Crippen LogP contribution in [0.1, 0.15) is 41.6 Å². The Morgan fingerprint density at radius 3 is 2.33 bits per heavy atom. The molecule has 0 saturated carbocycles. The van der Waals surface area contributed by atoms with E-state index in [2.05, 4.69) is 44.3 Å². The Morgan fingerprint density at radius 1 is 1.05 bits per heavy atom. The minimum absolute atomic E-state index is 0.153. The Hall–Kier alpha value is -1.67. The van der Waals surface area contributed by atoms with Crippen molar-refractivity contribution in [1.29, 1.82) is 0 Å². The lowest BCUT2D eigenvalue weighted by atomic mass is 9.93. The highest BCUT2D eigenvalue weighted by molar-refractivity contribution is 5.35. The van der Waals surface area contributed by atoms with Crippen molar-refractivity contribution in [3.63, 3.8) is 0 Å². The van der Waals surface area contributed by atoms with Gasteiger partial charge in [-0.2, -0.15) is 0 Å². The summed E-state index contributed by atoms with van der Waals surface area (Å²) in [7, 11) is 0. The lowest BCUT2D eigenvalue weighted by Gasteiger charge is -2.21. The lowest BCUT2D eigenvalue weighted by molar-refractivity contribution is 0.522.